The first-order valence-electron chi connectivity index (χ1n) is 9.95. The van der Waals surface area contributed by atoms with Crippen molar-refractivity contribution in [2.45, 2.75) is 67.2 Å². The molecule has 1 heteroatoms. The van der Waals surface area contributed by atoms with Crippen LogP contribution in [0.5, 0.6) is 5.75 Å². The summed E-state index contributed by atoms with van der Waals surface area (Å²) in [6.45, 7) is 17.1. The Morgan fingerprint density at radius 1 is 0.926 bits per heavy atom. The molecule has 2 aromatic rings. The predicted molar refractivity (Wildman–Crippen MR) is 120 cm³/mol. The van der Waals surface area contributed by atoms with Gasteiger partial charge in [0.2, 0.25) is 0 Å². The van der Waals surface area contributed by atoms with Crippen LogP contribution in [0.4, 0.5) is 0 Å². The van der Waals surface area contributed by atoms with Gasteiger partial charge in [-0.25, -0.2) is 0 Å². The summed E-state index contributed by atoms with van der Waals surface area (Å²) < 4.78 is 6.17. The summed E-state index contributed by atoms with van der Waals surface area (Å²) in [7, 11) is 0. The van der Waals surface area contributed by atoms with Crippen LogP contribution in [0, 0.1) is 6.92 Å². The topological polar surface area (TPSA) is 9.23 Å². The summed E-state index contributed by atoms with van der Waals surface area (Å²) in [5, 5.41) is 0. The third-order valence-corrected chi connectivity index (χ3v) is 4.07. The van der Waals surface area contributed by atoms with Gasteiger partial charge in [-0.3, -0.25) is 0 Å². The van der Waals surface area contributed by atoms with Gasteiger partial charge in [-0.1, -0.05) is 83.5 Å². The maximum Gasteiger partial charge on any atom is 0.130 e. The summed E-state index contributed by atoms with van der Waals surface area (Å²) in [5.74, 6) is 1.75. The average Bonchev–Trinajstić information content (AvgIpc) is 2.62. The van der Waals surface area contributed by atoms with Gasteiger partial charge < -0.3 is 4.74 Å². The lowest BCUT2D eigenvalue weighted by atomic mass is 9.85. The number of hydrogen-bond donors (Lipinski definition) is 0. The summed E-state index contributed by atoms with van der Waals surface area (Å²) in [4.78, 5) is 0. The Hall–Kier alpha value is -2.28. The van der Waals surface area contributed by atoms with Crippen molar-refractivity contribution in [3.63, 3.8) is 0 Å². The van der Waals surface area contributed by atoms with Crippen LogP contribution in [-0.2, 0) is 5.41 Å². The fourth-order valence-electron chi connectivity index (χ4n) is 2.68. The molecule has 0 aromatic heterocycles. The molecule has 0 atom stereocenters. The number of ether oxygens (including phenoxy) is 1. The third kappa shape index (κ3) is 7.09. The van der Waals surface area contributed by atoms with Crippen molar-refractivity contribution in [2.75, 3.05) is 0 Å². The highest BCUT2D eigenvalue weighted by molar-refractivity contribution is 5.77. The standard InChI is InChI=1S/C23H28O.C3H8/c1-7-21(18-12-10-13-19(16-18)23(4,5)6)22(8-2)24-20-14-9-11-17(3)15-20;1-3-2/h7-16H,1-6H3;3H2,1-2H3/b21-7-,22-8+;. The molecular weight excluding hydrogens is 328 g/mol. The van der Waals surface area contributed by atoms with E-state index < -0.39 is 0 Å². The van der Waals surface area contributed by atoms with Crippen molar-refractivity contribution < 1.29 is 4.74 Å². The highest BCUT2D eigenvalue weighted by Gasteiger charge is 2.16. The smallest absolute Gasteiger partial charge is 0.130 e. The number of rotatable bonds is 4. The van der Waals surface area contributed by atoms with Crippen LogP contribution in [0.1, 0.15) is 71.6 Å². The van der Waals surface area contributed by atoms with E-state index in [4.69, 9.17) is 4.74 Å². The summed E-state index contributed by atoms with van der Waals surface area (Å²) in [5.41, 5.74) is 4.95. The molecule has 0 saturated carbocycles. The van der Waals surface area contributed by atoms with Crippen molar-refractivity contribution in [1.82, 2.24) is 0 Å². The fourth-order valence-corrected chi connectivity index (χ4v) is 2.68. The van der Waals surface area contributed by atoms with E-state index in [1.807, 2.05) is 25.1 Å². The number of aryl methyl sites for hydroxylation is 1. The van der Waals surface area contributed by atoms with E-state index in [1.54, 1.807) is 0 Å². The molecule has 0 heterocycles. The van der Waals surface area contributed by atoms with Gasteiger partial charge >= 0.3 is 0 Å². The zero-order valence-electron chi connectivity index (χ0n) is 18.4. The van der Waals surface area contributed by atoms with Crippen molar-refractivity contribution in [2.24, 2.45) is 0 Å². The van der Waals surface area contributed by atoms with E-state index in [9.17, 15) is 0 Å². The molecule has 146 valence electrons. The summed E-state index contributed by atoms with van der Waals surface area (Å²) >= 11 is 0. The van der Waals surface area contributed by atoms with E-state index in [0.29, 0.717) is 0 Å². The lowest BCUT2D eigenvalue weighted by Gasteiger charge is -2.21. The maximum atomic E-state index is 6.17. The molecule has 0 amide bonds. The van der Waals surface area contributed by atoms with Gasteiger partial charge in [-0.05, 0) is 61.1 Å². The highest BCUT2D eigenvalue weighted by atomic mass is 16.5. The molecule has 27 heavy (non-hydrogen) atoms. The molecule has 0 bridgehead atoms. The van der Waals surface area contributed by atoms with Gasteiger partial charge in [-0.2, -0.15) is 0 Å². The lowest BCUT2D eigenvalue weighted by Crippen LogP contribution is -2.11. The molecule has 0 fully saturated rings. The Morgan fingerprint density at radius 2 is 1.56 bits per heavy atom. The highest BCUT2D eigenvalue weighted by Crippen LogP contribution is 2.30. The number of hydrogen-bond acceptors (Lipinski definition) is 1. The minimum Gasteiger partial charge on any atom is -0.457 e. The molecule has 0 aliphatic carbocycles. The SMILES string of the molecule is C/C=C(\C(=C/C)Oc1cccc(C)c1)c1cccc(C(C)(C)C)c1.CCC. The van der Waals surface area contributed by atoms with Crippen molar-refractivity contribution in [3.05, 3.63) is 83.1 Å². The number of allylic oxidation sites excluding steroid dienone is 3. The van der Waals surface area contributed by atoms with Crippen molar-refractivity contribution >= 4 is 5.57 Å². The molecule has 0 unspecified atom stereocenters. The minimum atomic E-state index is 0.127. The first-order valence-corrected chi connectivity index (χ1v) is 9.95. The van der Waals surface area contributed by atoms with Crippen LogP contribution in [-0.4, -0.2) is 0 Å². The Kier molecular flexibility index (Phi) is 9.08. The molecule has 0 saturated heterocycles. The Balaban J connectivity index is 0.00000114. The molecule has 0 aliphatic heterocycles. The van der Waals surface area contributed by atoms with Gasteiger partial charge in [0.05, 0.1) is 0 Å². The summed E-state index contributed by atoms with van der Waals surface area (Å²) in [6.07, 6.45) is 5.40. The fraction of sp³-hybridized carbons (Fsp3) is 0.385. The molecule has 2 aromatic carbocycles. The van der Waals surface area contributed by atoms with Crippen LogP contribution in [0.2, 0.25) is 0 Å². The second-order valence-electron chi connectivity index (χ2n) is 7.81. The van der Waals surface area contributed by atoms with Gasteiger partial charge in [0.1, 0.15) is 11.5 Å². The van der Waals surface area contributed by atoms with E-state index >= 15 is 0 Å². The quantitative estimate of drug-likeness (QED) is 0.393. The average molecular weight is 365 g/mol. The zero-order chi connectivity index (χ0) is 20.4. The van der Waals surface area contributed by atoms with Crippen LogP contribution in [0.3, 0.4) is 0 Å². The normalized spacial score (nSPS) is 12.3. The van der Waals surface area contributed by atoms with Gasteiger partial charge in [0, 0.05) is 5.57 Å². The Labute approximate surface area is 166 Å². The van der Waals surface area contributed by atoms with Gasteiger partial charge in [0.25, 0.3) is 0 Å². The largest absolute Gasteiger partial charge is 0.457 e. The molecule has 2 rings (SSSR count). The van der Waals surface area contributed by atoms with Crippen LogP contribution >= 0.6 is 0 Å². The molecule has 0 spiro atoms. The van der Waals surface area contributed by atoms with E-state index in [-0.39, 0.29) is 5.41 Å². The minimum absolute atomic E-state index is 0.127. The molecule has 1 nitrogen and oxygen atoms in total. The second kappa shape index (κ2) is 10.8. The Bertz CT molecular complexity index is 773. The monoisotopic (exact) mass is 364 g/mol. The van der Waals surface area contributed by atoms with Crippen molar-refractivity contribution in [1.29, 1.82) is 0 Å². The zero-order valence-corrected chi connectivity index (χ0v) is 18.4. The van der Waals surface area contributed by atoms with Crippen LogP contribution in [0.15, 0.2) is 66.4 Å². The van der Waals surface area contributed by atoms with Gasteiger partial charge in [-0.15, -0.1) is 0 Å². The maximum absolute atomic E-state index is 6.17. The molecular formula is C26H36O. The van der Waals surface area contributed by atoms with Crippen molar-refractivity contribution in [3.8, 4) is 5.75 Å². The first kappa shape index (κ1) is 22.8. The van der Waals surface area contributed by atoms with E-state index in [0.717, 1.165) is 17.1 Å². The van der Waals surface area contributed by atoms with E-state index in [2.05, 4.69) is 90.9 Å². The van der Waals surface area contributed by atoms with E-state index in [1.165, 1.54) is 23.1 Å². The predicted octanol–water partition coefficient (Wildman–Crippen LogP) is 8.09. The Morgan fingerprint density at radius 3 is 2.07 bits per heavy atom. The second-order valence-corrected chi connectivity index (χ2v) is 7.81. The van der Waals surface area contributed by atoms with Crippen LogP contribution < -0.4 is 4.74 Å². The lowest BCUT2D eigenvalue weighted by molar-refractivity contribution is 0.448. The third-order valence-electron chi connectivity index (χ3n) is 4.07. The molecule has 0 N–H and O–H groups in total. The summed E-state index contributed by atoms with van der Waals surface area (Å²) in [6, 6.07) is 16.9. The molecule has 0 aliphatic rings. The van der Waals surface area contributed by atoms with Crippen LogP contribution in [0.25, 0.3) is 5.57 Å². The van der Waals surface area contributed by atoms with Gasteiger partial charge in [0.15, 0.2) is 0 Å². The first-order chi connectivity index (χ1) is 12.8. The molecule has 0 radical (unpaired) electrons. The number of benzene rings is 2.